The third kappa shape index (κ3) is 5.31. The summed E-state index contributed by atoms with van der Waals surface area (Å²) in [5.41, 5.74) is 0.239. The summed E-state index contributed by atoms with van der Waals surface area (Å²) in [5, 5.41) is 15.6. The summed E-state index contributed by atoms with van der Waals surface area (Å²) < 4.78 is 40.9. The molecule has 2 heterocycles. The van der Waals surface area contributed by atoms with E-state index in [2.05, 4.69) is 9.82 Å². The quantitative estimate of drug-likeness (QED) is 0.445. The van der Waals surface area contributed by atoms with E-state index < -0.39 is 26.7 Å². The summed E-state index contributed by atoms with van der Waals surface area (Å²) in [5.74, 6) is -0.202. The Bertz CT molecular complexity index is 1150. The first-order chi connectivity index (χ1) is 15.5. The molecule has 180 valence electrons. The van der Waals surface area contributed by atoms with Crippen molar-refractivity contribution < 1.29 is 27.6 Å². The van der Waals surface area contributed by atoms with Crippen molar-refractivity contribution in [2.45, 2.75) is 45.2 Å². The van der Waals surface area contributed by atoms with Crippen LogP contribution in [0, 0.1) is 17.0 Å². The number of ether oxygens (including phenoxy) is 2. The highest BCUT2D eigenvalue weighted by Gasteiger charge is 2.29. The lowest BCUT2D eigenvalue weighted by atomic mass is 10.2. The van der Waals surface area contributed by atoms with E-state index in [1.165, 1.54) is 10.7 Å². The number of aromatic nitrogens is 2. The molecular weight excluding hydrogens is 454 g/mol. The molecule has 1 N–H and O–H groups in total. The highest BCUT2D eigenvalue weighted by Crippen LogP contribution is 2.34. The van der Waals surface area contributed by atoms with Gasteiger partial charge in [-0.1, -0.05) is 0 Å². The van der Waals surface area contributed by atoms with Crippen LogP contribution in [0.2, 0.25) is 0 Å². The first-order valence-electron chi connectivity index (χ1n) is 10.5. The van der Waals surface area contributed by atoms with Gasteiger partial charge < -0.3 is 14.4 Å². The van der Waals surface area contributed by atoms with Gasteiger partial charge in [0.15, 0.2) is 5.69 Å². The van der Waals surface area contributed by atoms with Crippen molar-refractivity contribution in [2.24, 2.45) is 0 Å². The topological polar surface area (TPSA) is 146 Å². The molecule has 33 heavy (non-hydrogen) atoms. The third-order valence-corrected chi connectivity index (χ3v) is 6.64. The second kappa shape index (κ2) is 9.85. The molecule has 1 amide bonds. The van der Waals surface area contributed by atoms with Crippen molar-refractivity contribution in [2.75, 3.05) is 26.3 Å². The predicted molar refractivity (Wildman–Crippen MR) is 118 cm³/mol. The fourth-order valence-corrected chi connectivity index (χ4v) is 4.78. The van der Waals surface area contributed by atoms with Crippen LogP contribution < -0.4 is 9.46 Å². The number of benzene rings is 1. The van der Waals surface area contributed by atoms with Gasteiger partial charge in [0.2, 0.25) is 15.9 Å². The molecule has 1 fully saturated rings. The summed E-state index contributed by atoms with van der Waals surface area (Å²) in [6.07, 6.45) is 0. The molecule has 1 aromatic heterocycles. The number of nitro benzene ring substituents is 1. The number of aryl methyl sites for hydroxylation is 1. The monoisotopic (exact) mass is 481 g/mol. The van der Waals surface area contributed by atoms with Gasteiger partial charge in [-0.15, -0.1) is 0 Å². The number of hydrogen-bond donors (Lipinski definition) is 1. The second-order valence-corrected chi connectivity index (χ2v) is 9.45. The van der Waals surface area contributed by atoms with Gasteiger partial charge in [-0.2, -0.15) is 5.10 Å². The van der Waals surface area contributed by atoms with Gasteiger partial charge in [0.05, 0.1) is 18.1 Å². The molecule has 13 heteroatoms. The maximum absolute atomic E-state index is 13.0. The van der Waals surface area contributed by atoms with E-state index >= 15 is 0 Å². The average molecular weight is 482 g/mol. The summed E-state index contributed by atoms with van der Waals surface area (Å²) in [6.45, 7) is 8.85. The number of morpholine rings is 1. The van der Waals surface area contributed by atoms with E-state index in [1.54, 1.807) is 32.6 Å². The van der Waals surface area contributed by atoms with Crippen LogP contribution in [0.1, 0.15) is 36.8 Å². The number of hydrogen-bond acceptors (Lipinski definition) is 8. The Hall–Kier alpha value is -3.03. The van der Waals surface area contributed by atoms with E-state index in [0.717, 1.165) is 12.1 Å². The van der Waals surface area contributed by atoms with Gasteiger partial charge in [0.25, 0.3) is 11.6 Å². The van der Waals surface area contributed by atoms with E-state index in [9.17, 15) is 23.3 Å². The normalized spacial score (nSPS) is 14.5. The molecule has 0 atom stereocenters. The molecular formula is C20H27N5O7S. The zero-order valence-electron chi connectivity index (χ0n) is 18.9. The van der Waals surface area contributed by atoms with Crippen molar-refractivity contribution in [1.29, 1.82) is 0 Å². The van der Waals surface area contributed by atoms with Crippen LogP contribution in [0.25, 0.3) is 0 Å². The minimum Gasteiger partial charge on any atom is -0.438 e. The van der Waals surface area contributed by atoms with E-state index in [4.69, 9.17) is 9.47 Å². The van der Waals surface area contributed by atoms with Crippen molar-refractivity contribution in [3.8, 4) is 11.6 Å². The fourth-order valence-electron chi connectivity index (χ4n) is 3.38. The first kappa shape index (κ1) is 24.6. The highest BCUT2D eigenvalue weighted by atomic mass is 32.2. The molecule has 1 aromatic carbocycles. The summed E-state index contributed by atoms with van der Waals surface area (Å²) in [6, 6.07) is 2.89. The smallest absolute Gasteiger partial charge is 0.274 e. The van der Waals surface area contributed by atoms with Gasteiger partial charge >= 0.3 is 0 Å². The van der Waals surface area contributed by atoms with Crippen LogP contribution in [-0.4, -0.2) is 66.3 Å². The largest absolute Gasteiger partial charge is 0.438 e. The maximum Gasteiger partial charge on any atom is 0.274 e. The van der Waals surface area contributed by atoms with Crippen molar-refractivity contribution in [3.05, 3.63) is 39.6 Å². The zero-order chi connectivity index (χ0) is 24.3. The van der Waals surface area contributed by atoms with Gasteiger partial charge in [-0.05, 0) is 33.8 Å². The number of rotatable bonds is 8. The lowest BCUT2D eigenvalue weighted by molar-refractivity contribution is -0.385. The van der Waals surface area contributed by atoms with Crippen LogP contribution in [-0.2, 0) is 21.3 Å². The van der Waals surface area contributed by atoms with E-state index in [1.807, 2.05) is 0 Å². The van der Waals surface area contributed by atoms with Crippen LogP contribution in [0.4, 0.5) is 5.69 Å². The average Bonchev–Trinajstić information content (AvgIpc) is 3.08. The molecule has 3 rings (SSSR count). The fraction of sp³-hybridized carbons (Fsp3) is 0.500. The van der Waals surface area contributed by atoms with Crippen molar-refractivity contribution in [1.82, 2.24) is 19.4 Å². The first-order valence-corrected chi connectivity index (χ1v) is 12.0. The molecule has 0 radical (unpaired) electrons. The van der Waals surface area contributed by atoms with Crippen LogP contribution in [0.15, 0.2) is 23.1 Å². The van der Waals surface area contributed by atoms with E-state index in [-0.39, 0.29) is 28.1 Å². The number of nitrogens with one attached hydrogen (secondary N) is 1. The van der Waals surface area contributed by atoms with Gasteiger partial charge in [0, 0.05) is 43.4 Å². The standard InChI is InChI=1S/C20H27N5O7S/c1-5-24-20(14(4)18(21-24)19(26)23-8-10-31-11-9-23)32-16-7-6-15(25(27)28)12-17(16)33(29,30)22-13(2)3/h6-7,12-13,22H,5,8-11H2,1-4H3. The number of nitrogens with zero attached hydrogens (tertiary/aromatic N) is 4. The van der Waals surface area contributed by atoms with Crippen LogP contribution in [0.5, 0.6) is 11.6 Å². The summed E-state index contributed by atoms with van der Waals surface area (Å²) >= 11 is 0. The maximum atomic E-state index is 13.0. The molecule has 0 bridgehead atoms. The zero-order valence-corrected chi connectivity index (χ0v) is 19.7. The molecule has 12 nitrogen and oxygen atoms in total. The number of non-ortho nitro benzene ring substituents is 1. The second-order valence-electron chi connectivity index (χ2n) is 7.77. The van der Waals surface area contributed by atoms with Gasteiger partial charge in [-0.3, -0.25) is 14.9 Å². The molecule has 0 unspecified atom stereocenters. The molecule has 1 saturated heterocycles. The lowest BCUT2D eigenvalue weighted by Crippen LogP contribution is -2.41. The van der Waals surface area contributed by atoms with Gasteiger partial charge in [0.1, 0.15) is 10.6 Å². The molecule has 1 aliphatic heterocycles. The Morgan fingerprint density at radius 2 is 2.00 bits per heavy atom. The number of sulfonamides is 1. The number of nitro groups is 1. The lowest BCUT2D eigenvalue weighted by Gasteiger charge is -2.26. The minimum atomic E-state index is -4.12. The summed E-state index contributed by atoms with van der Waals surface area (Å²) in [4.78, 5) is 24.8. The minimum absolute atomic E-state index is 0.114. The predicted octanol–water partition coefficient (Wildman–Crippen LogP) is 2.07. The van der Waals surface area contributed by atoms with Crippen molar-refractivity contribution >= 4 is 21.6 Å². The Morgan fingerprint density at radius 1 is 1.33 bits per heavy atom. The highest BCUT2D eigenvalue weighted by molar-refractivity contribution is 7.89. The molecule has 0 saturated carbocycles. The van der Waals surface area contributed by atoms with Crippen LogP contribution >= 0.6 is 0 Å². The number of carbonyl (C=O) groups excluding carboxylic acids is 1. The molecule has 0 spiro atoms. The molecule has 1 aliphatic rings. The van der Waals surface area contributed by atoms with Crippen LogP contribution in [0.3, 0.4) is 0 Å². The Kier molecular flexibility index (Phi) is 7.34. The molecule has 2 aromatic rings. The number of amides is 1. The van der Waals surface area contributed by atoms with E-state index in [0.29, 0.717) is 38.4 Å². The summed E-state index contributed by atoms with van der Waals surface area (Å²) in [7, 11) is -4.12. The number of carbonyl (C=O) groups is 1. The Labute approximate surface area is 191 Å². The van der Waals surface area contributed by atoms with Gasteiger partial charge in [-0.25, -0.2) is 17.8 Å². The third-order valence-electron chi connectivity index (χ3n) is 4.96. The SMILES string of the molecule is CCn1nc(C(=O)N2CCOCC2)c(C)c1Oc1ccc([N+](=O)[O-])cc1S(=O)(=O)NC(C)C. The molecule has 0 aliphatic carbocycles. The Balaban J connectivity index is 2.04. The Morgan fingerprint density at radius 3 is 2.58 bits per heavy atom. The van der Waals surface area contributed by atoms with Crippen molar-refractivity contribution in [3.63, 3.8) is 0 Å².